The Morgan fingerprint density at radius 2 is 2.00 bits per heavy atom. The van der Waals surface area contributed by atoms with Gasteiger partial charge in [0.1, 0.15) is 0 Å². The van der Waals surface area contributed by atoms with E-state index in [1.807, 2.05) is 0 Å². The molecule has 14 heavy (non-hydrogen) atoms. The second-order valence-electron chi connectivity index (χ2n) is 4.98. The van der Waals surface area contributed by atoms with Gasteiger partial charge >= 0.3 is 0 Å². The summed E-state index contributed by atoms with van der Waals surface area (Å²) in [7, 11) is 4.28. The van der Waals surface area contributed by atoms with Gasteiger partial charge in [0.2, 0.25) is 0 Å². The minimum atomic E-state index is 0.641. The first-order chi connectivity index (χ1) is 6.58. The van der Waals surface area contributed by atoms with Crippen LogP contribution in [0.5, 0.6) is 0 Å². The molecule has 0 aromatic carbocycles. The van der Waals surface area contributed by atoms with Crippen molar-refractivity contribution >= 4 is 0 Å². The van der Waals surface area contributed by atoms with Crippen LogP contribution in [0.3, 0.4) is 0 Å². The van der Waals surface area contributed by atoms with Crippen LogP contribution in [0.15, 0.2) is 0 Å². The lowest BCUT2D eigenvalue weighted by Gasteiger charge is -2.25. The van der Waals surface area contributed by atoms with Gasteiger partial charge in [-0.05, 0) is 33.5 Å². The quantitative estimate of drug-likeness (QED) is 0.713. The average Bonchev–Trinajstić information content (AvgIpc) is 2.25. The third-order valence-corrected chi connectivity index (χ3v) is 2.78. The van der Waals surface area contributed by atoms with Gasteiger partial charge < -0.3 is 15.1 Å². The van der Waals surface area contributed by atoms with Crippen LogP contribution in [0, 0.1) is 5.92 Å². The maximum absolute atomic E-state index is 3.56. The van der Waals surface area contributed by atoms with Crippen molar-refractivity contribution in [2.45, 2.75) is 19.9 Å². The van der Waals surface area contributed by atoms with E-state index in [0.29, 0.717) is 6.04 Å². The predicted molar refractivity (Wildman–Crippen MR) is 61.6 cm³/mol. The van der Waals surface area contributed by atoms with E-state index in [2.05, 4.69) is 43.1 Å². The van der Waals surface area contributed by atoms with Crippen LogP contribution in [-0.4, -0.2) is 62.7 Å². The van der Waals surface area contributed by atoms with Crippen molar-refractivity contribution in [1.29, 1.82) is 0 Å². The number of nitrogens with zero attached hydrogens (tertiary/aromatic N) is 2. The number of hydrogen-bond acceptors (Lipinski definition) is 3. The van der Waals surface area contributed by atoms with Crippen molar-refractivity contribution in [3.8, 4) is 0 Å². The van der Waals surface area contributed by atoms with Gasteiger partial charge in [0, 0.05) is 32.2 Å². The Hall–Kier alpha value is -0.120. The first-order valence-electron chi connectivity index (χ1n) is 5.68. The molecule has 84 valence electrons. The van der Waals surface area contributed by atoms with Crippen molar-refractivity contribution in [1.82, 2.24) is 15.1 Å². The largest absolute Gasteiger partial charge is 0.313 e. The lowest BCUT2D eigenvalue weighted by Crippen LogP contribution is -2.38. The van der Waals surface area contributed by atoms with Crippen molar-refractivity contribution < 1.29 is 0 Å². The monoisotopic (exact) mass is 199 g/mol. The van der Waals surface area contributed by atoms with Gasteiger partial charge in [-0.15, -0.1) is 0 Å². The highest BCUT2D eigenvalue weighted by Gasteiger charge is 2.17. The second-order valence-corrected chi connectivity index (χ2v) is 4.98. The summed E-state index contributed by atoms with van der Waals surface area (Å²) in [6.07, 6.45) is 0. The Morgan fingerprint density at radius 3 is 2.64 bits per heavy atom. The van der Waals surface area contributed by atoms with Crippen LogP contribution < -0.4 is 5.32 Å². The Kier molecular flexibility index (Phi) is 4.85. The highest BCUT2D eigenvalue weighted by Crippen LogP contribution is 2.05. The highest BCUT2D eigenvalue weighted by atomic mass is 15.2. The summed E-state index contributed by atoms with van der Waals surface area (Å²) in [6.45, 7) is 10.6. The van der Waals surface area contributed by atoms with E-state index in [1.54, 1.807) is 0 Å². The van der Waals surface area contributed by atoms with Gasteiger partial charge in [0.25, 0.3) is 0 Å². The molecule has 0 aromatic rings. The molecule has 1 saturated heterocycles. The molecule has 3 nitrogen and oxygen atoms in total. The zero-order valence-electron chi connectivity index (χ0n) is 10.1. The molecule has 2 unspecified atom stereocenters. The summed E-state index contributed by atoms with van der Waals surface area (Å²) >= 11 is 0. The van der Waals surface area contributed by atoms with Gasteiger partial charge in [-0.2, -0.15) is 0 Å². The summed E-state index contributed by atoms with van der Waals surface area (Å²) in [6, 6.07) is 0.641. The van der Waals surface area contributed by atoms with Gasteiger partial charge in [-0.3, -0.25) is 0 Å². The number of hydrogen-bond donors (Lipinski definition) is 1. The van der Waals surface area contributed by atoms with E-state index in [1.165, 1.54) is 32.7 Å². The topological polar surface area (TPSA) is 18.5 Å². The normalized spacial score (nSPS) is 30.6. The van der Waals surface area contributed by atoms with Crippen molar-refractivity contribution in [3.63, 3.8) is 0 Å². The lowest BCUT2D eigenvalue weighted by atomic mass is 10.2. The molecule has 0 bridgehead atoms. The standard InChI is InChI=1S/C11H25N3/c1-10-7-12-11(2)9-14(8-10)6-5-13(3)4/h10-12H,5-9H2,1-4H3. The van der Waals surface area contributed by atoms with Gasteiger partial charge in [-0.1, -0.05) is 6.92 Å². The molecule has 1 fully saturated rings. The van der Waals surface area contributed by atoms with E-state index in [0.717, 1.165) is 5.92 Å². The van der Waals surface area contributed by atoms with Gasteiger partial charge in [0.05, 0.1) is 0 Å². The number of rotatable bonds is 3. The van der Waals surface area contributed by atoms with Gasteiger partial charge in [-0.25, -0.2) is 0 Å². The molecule has 0 aliphatic carbocycles. The molecule has 1 rings (SSSR count). The van der Waals surface area contributed by atoms with E-state index in [4.69, 9.17) is 0 Å². The minimum absolute atomic E-state index is 0.641. The van der Waals surface area contributed by atoms with Gasteiger partial charge in [0.15, 0.2) is 0 Å². The number of nitrogens with one attached hydrogen (secondary N) is 1. The fraction of sp³-hybridized carbons (Fsp3) is 1.00. The molecule has 0 amide bonds. The Labute approximate surface area is 88.5 Å². The van der Waals surface area contributed by atoms with Crippen molar-refractivity contribution in [3.05, 3.63) is 0 Å². The zero-order valence-corrected chi connectivity index (χ0v) is 10.1. The van der Waals surface area contributed by atoms with E-state index in [9.17, 15) is 0 Å². The van der Waals surface area contributed by atoms with Crippen LogP contribution in [0.2, 0.25) is 0 Å². The molecule has 0 aromatic heterocycles. The van der Waals surface area contributed by atoms with E-state index in [-0.39, 0.29) is 0 Å². The maximum atomic E-state index is 3.56. The molecule has 1 aliphatic rings. The summed E-state index contributed by atoms with van der Waals surface area (Å²) in [5, 5.41) is 3.56. The summed E-state index contributed by atoms with van der Waals surface area (Å²) in [4.78, 5) is 4.84. The Balaban J connectivity index is 2.33. The zero-order chi connectivity index (χ0) is 10.6. The SMILES string of the molecule is CC1CNC(C)CN(CCN(C)C)C1. The molecular weight excluding hydrogens is 174 g/mol. The molecule has 0 radical (unpaired) electrons. The fourth-order valence-corrected chi connectivity index (χ4v) is 1.96. The second kappa shape index (κ2) is 5.69. The summed E-state index contributed by atoms with van der Waals surface area (Å²) in [5.41, 5.74) is 0. The lowest BCUT2D eigenvalue weighted by molar-refractivity contribution is 0.224. The molecule has 0 spiro atoms. The maximum Gasteiger partial charge on any atom is 0.0166 e. The summed E-state index contributed by atoms with van der Waals surface area (Å²) < 4.78 is 0. The fourth-order valence-electron chi connectivity index (χ4n) is 1.96. The highest BCUT2D eigenvalue weighted by molar-refractivity contribution is 4.76. The predicted octanol–water partition coefficient (Wildman–Crippen LogP) is 0.478. The minimum Gasteiger partial charge on any atom is -0.313 e. The first kappa shape index (κ1) is 12.0. The smallest absolute Gasteiger partial charge is 0.0166 e. The first-order valence-corrected chi connectivity index (χ1v) is 5.68. The third-order valence-electron chi connectivity index (χ3n) is 2.78. The summed E-state index contributed by atoms with van der Waals surface area (Å²) in [5.74, 6) is 0.780. The van der Waals surface area contributed by atoms with E-state index >= 15 is 0 Å². The Bertz CT molecular complexity index is 147. The van der Waals surface area contributed by atoms with Crippen molar-refractivity contribution in [2.24, 2.45) is 5.92 Å². The van der Waals surface area contributed by atoms with Crippen LogP contribution in [0.25, 0.3) is 0 Å². The van der Waals surface area contributed by atoms with E-state index < -0.39 is 0 Å². The van der Waals surface area contributed by atoms with Crippen LogP contribution in [0.1, 0.15) is 13.8 Å². The molecule has 1 aliphatic heterocycles. The van der Waals surface area contributed by atoms with Crippen molar-refractivity contribution in [2.75, 3.05) is 46.8 Å². The molecule has 2 atom stereocenters. The molecule has 3 heteroatoms. The van der Waals surface area contributed by atoms with Crippen LogP contribution in [0.4, 0.5) is 0 Å². The molecule has 1 heterocycles. The van der Waals surface area contributed by atoms with Crippen LogP contribution in [-0.2, 0) is 0 Å². The average molecular weight is 199 g/mol. The van der Waals surface area contributed by atoms with Crippen LogP contribution >= 0.6 is 0 Å². The molecular formula is C11H25N3. The molecule has 1 N–H and O–H groups in total. The molecule has 0 saturated carbocycles. The third kappa shape index (κ3) is 4.40. The Morgan fingerprint density at radius 1 is 1.29 bits per heavy atom. The number of likely N-dealkylation sites (N-methyl/N-ethyl adjacent to an activating group) is 1.